The van der Waals surface area contributed by atoms with Gasteiger partial charge in [-0.05, 0) is 23.6 Å². The summed E-state index contributed by atoms with van der Waals surface area (Å²) >= 11 is 7.63. The largest absolute Gasteiger partial charge is 0.337 e. The average Bonchev–Trinajstić information content (AvgIpc) is 3.41. The zero-order valence-electron chi connectivity index (χ0n) is 14.4. The van der Waals surface area contributed by atoms with Gasteiger partial charge in [0.2, 0.25) is 11.7 Å². The molecule has 1 aromatic carbocycles. The predicted molar refractivity (Wildman–Crippen MR) is 100 cm³/mol. The minimum atomic E-state index is -0.909. The number of nitrogens with zero attached hydrogens (tertiary/aromatic N) is 4. The number of hydrogen-bond donors (Lipinski definition) is 0. The van der Waals surface area contributed by atoms with Gasteiger partial charge in [0.15, 0.2) is 0 Å². The van der Waals surface area contributed by atoms with Gasteiger partial charge in [-0.1, -0.05) is 35.0 Å². The third-order valence-corrected chi connectivity index (χ3v) is 5.44. The highest BCUT2D eigenvalue weighted by Gasteiger charge is 2.44. The minimum absolute atomic E-state index is 0.0320. The van der Waals surface area contributed by atoms with E-state index in [0.29, 0.717) is 17.0 Å². The molecule has 0 aliphatic carbocycles. The van der Waals surface area contributed by atoms with Crippen LogP contribution in [0.3, 0.4) is 0 Å². The molecule has 0 atom stereocenters. The van der Waals surface area contributed by atoms with Crippen LogP contribution in [0.5, 0.6) is 0 Å². The van der Waals surface area contributed by atoms with Gasteiger partial charge in [-0.15, -0.1) is 11.3 Å². The Morgan fingerprint density at radius 3 is 2.57 bits per heavy atom. The van der Waals surface area contributed by atoms with E-state index in [1.54, 1.807) is 24.3 Å². The van der Waals surface area contributed by atoms with E-state index in [1.807, 2.05) is 17.5 Å². The maximum atomic E-state index is 12.5. The van der Waals surface area contributed by atoms with E-state index in [9.17, 15) is 14.4 Å². The van der Waals surface area contributed by atoms with Crippen LogP contribution in [-0.4, -0.2) is 44.3 Å². The molecule has 0 unspecified atom stereocenters. The molecule has 10 heteroatoms. The van der Waals surface area contributed by atoms with Gasteiger partial charge in [-0.25, -0.2) is 9.69 Å². The lowest BCUT2D eigenvalue weighted by Gasteiger charge is -2.13. The molecule has 4 rings (SSSR count). The molecule has 4 amide bonds. The third-order valence-electron chi connectivity index (χ3n) is 4.17. The summed E-state index contributed by atoms with van der Waals surface area (Å²) in [5.41, 5.74) is 0.562. The highest BCUT2D eigenvalue weighted by Crippen LogP contribution is 2.25. The van der Waals surface area contributed by atoms with Gasteiger partial charge in [0.1, 0.15) is 6.54 Å². The number of carbonyl (C=O) groups is 3. The van der Waals surface area contributed by atoms with E-state index in [1.165, 1.54) is 11.3 Å². The molecule has 0 bridgehead atoms. The first-order chi connectivity index (χ1) is 13.5. The van der Waals surface area contributed by atoms with Gasteiger partial charge in [-0.2, -0.15) is 4.98 Å². The number of urea groups is 1. The molecule has 3 aromatic rings. The summed E-state index contributed by atoms with van der Waals surface area (Å²) in [7, 11) is 0. The fourth-order valence-corrected chi connectivity index (χ4v) is 3.69. The van der Waals surface area contributed by atoms with E-state index >= 15 is 0 Å². The molecule has 0 radical (unpaired) electrons. The first kappa shape index (κ1) is 18.3. The summed E-state index contributed by atoms with van der Waals surface area (Å²) in [6.45, 7) is -0.147. The highest BCUT2D eigenvalue weighted by molar-refractivity contribution is 7.09. The average molecular weight is 417 g/mol. The van der Waals surface area contributed by atoms with Gasteiger partial charge in [0.25, 0.3) is 0 Å². The Morgan fingerprint density at radius 2 is 1.82 bits per heavy atom. The summed E-state index contributed by atoms with van der Waals surface area (Å²) < 4.78 is 5.13. The van der Waals surface area contributed by atoms with Crippen LogP contribution < -0.4 is 0 Å². The van der Waals surface area contributed by atoms with Crippen molar-refractivity contribution in [2.24, 2.45) is 0 Å². The molecule has 0 spiro atoms. The first-order valence-electron chi connectivity index (χ1n) is 8.32. The highest BCUT2D eigenvalue weighted by atomic mass is 35.5. The van der Waals surface area contributed by atoms with Crippen LogP contribution in [0.15, 0.2) is 46.3 Å². The van der Waals surface area contributed by atoms with E-state index in [-0.39, 0.29) is 24.8 Å². The van der Waals surface area contributed by atoms with Crippen molar-refractivity contribution in [3.05, 3.63) is 57.6 Å². The summed E-state index contributed by atoms with van der Waals surface area (Å²) in [6.07, 6.45) is 0.494. The van der Waals surface area contributed by atoms with Gasteiger partial charge in [-0.3, -0.25) is 14.5 Å². The number of hydrogen-bond acceptors (Lipinski definition) is 7. The monoisotopic (exact) mass is 416 g/mol. The number of aromatic nitrogens is 2. The van der Waals surface area contributed by atoms with Crippen molar-refractivity contribution in [3.63, 3.8) is 0 Å². The van der Waals surface area contributed by atoms with Crippen LogP contribution in [0.4, 0.5) is 4.79 Å². The Hall–Kier alpha value is -3.04. The SMILES string of the molecule is O=C1C(=O)N(Cc2nc(-c3ccccc3Cl)no2)C(=O)N1CCc1cccs1. The van der Waals surface area contributed by atoms with Crippen molar-refractivity contribution in [2.75, 3.05) is 6.54 Å². The smallest absolute Gasteiger partial charge is 0.334 e. The Labute approximate surface area is 168 Å². The van der Waals surface area contributed by atoms with Gasteiger partial charge >= 0.3 is 17.8 Å². The van der Waals surface area contributed by atoms with Crippen molar-refractivity contribution in [3.8, 4) is 11.4 Å². The minimum Gasteiger partial charge on any atom is -0.337 e. The lowest BCUT2D eigenvalue weighted by atomic mass is 10.2. The Morgan fingerprint density at radius 1 is 1.04 bits per heavy atom. The number of amides is 4. The van der Waals surface area contributed by atoms with Crippen LogP contribution in [0.2, 0.25) is 5.02 Å². The van der Waals surface area contributed by atoms with Crippen molar-refractivity contribution in [1.29, 1.82) is 0 Å². The second-order valence-corrected chi connectivity index (χ2v) is 7.39. The third kappa shape index (κ3) is 3.41. The molecule has 1 saturated heterocycles. The normalized spacial score (nSPS) is 14.4. The standard InChI is InChI=1S/C18H13ClN4O4S/c19-13-6-2-1-5-12(13)15-20-14(27-21-15)10-23-17(25)16(24)22(18(23)26)8-7-11-4-3-9-28-11/h1-6,9H,7-8,10H2. The zero-order chi connectivity index (χ0) is 19.7. The summed E-state index contributed by atoms with van der Waals surface area (Å²) in [6, 6.07) is 10.0. The van der Waals surface area contributed by atoms with Crippen molar-refractivity contribution in [2.45, 2.75) is 13.0 Å². The Kier molecular flexibility index (Phi) is 4.93. The summed E-state index contributed by atoms with van der Waals surface area (Å²) in [4.78, 5) is 43.9. The second kappa shape index (κ2) is 7.53. The first-order valence-corrected chi connectivity index (χ1v) is 9.57. The van der Waals surface area contributed by atoms with Crippen LogP contribution >= 0.6 is 22.9 Å². The Balaban J connectivity index is 1.47. The summed E-state index contributed by atoms with van der Waals surface area (Å²) in [5.74, 6) is -1.49. The number of rotatable bonds is 6. The van der Waals surface area contributed by atoms with Gasteiger partial charge < -0.3 is 4.52 Å². The quantitative estimate of drug-likeness (QED) is 0.452. The molecule has 142 valence electrons. The van der Waals surface area contributed by atoms with E-state index in [4.69, 9.17) is 16.1 Å². The molecule has 3 heterocycles. The fourth-order valence-electron chi connectivity index (χ4n) is 2.77. The molecule has 1 aliphatic heterocycles. The van der Waals surface area contributed by atoms with E-state index in [2.05, 4.69) is 10.1 Å². The number of benzene rings is 1. The molecule has 0 N–H and O–H groups in total. The van der Waals surface area contributed by atoms with Gasteiger partial charge in [0, 0.05) is 23.4 Å². The van der Waals surface area contributed by atoms with Gasteiger partial charge in [0.05, 0.1) is 5.02 Å². The number of carbonyl (C=O) groups excluding carboxylic acids is 3. The van der Waals surface area contributed by atoms with E-state index in [0.717, 1.165) is 14.7 Å². The maximum absolute atomic E-state index is 12.5. The van der Waals surface area contributed by atoms with Crippen molar-refractivity contribution in [1.82, 2.24) is 19.9 Å². The predicted octanol–water partition coefficient (Wildman–Crippen LogP) is 2.99. The molecule has 0 saturated carbocycles. The van der Waals surface area contributed by atoms with Crippen LogP contribution in [0.25, 0.3) is 11.4 Å². The molecular weight excluding hydrogens is 404 g/mol. The molecule has 1 aliphatic rings. The topological polar surface area (TPSA) is 96.6 Å². The van der Waals surface area contributed by atoms with Crippen LogP contribution in [0.1, 0.15) is 10.8 Å². The molecule has 28 heavy (non-hydrogen) atoms. The van der Waals surface area contributed by atoms with Crippen LogP contribution in [0, 0.1) is 0 Å². The number of thiophene rings is 1. The number of imide groups is 2. The van der Waals surface area contributed by atoms with E-state index < -0.39 is 17.8 Å². The molecule has 2 aromatic heterocycles. The molecular formula is C18H13ClN4O4S. The van der Waals surface area contributed by atoms with Crippen molar-refractivity contribution < 1.29 is 18.9 Å². The van der Waals surface area contributed by atoms with Crippen molar-refractivity contribution >= 4 is 40.8 Å². The fraction of sp³-hybridized carbons (Fsp3) is 0.167. The summed E-state index contributed by atoms with van der Waals surface area (Å²) in [5, 5.41) is 6.18. The maximum Gasteiger partial charge on any atom is 0.334 e. The Bertz CT molecular complexity index is 1050. The zero-order valence-corrected chi connectivity index (χ0v) is 15.9. The lowest BCUT2D eigenvalue weighted by Crippen LogP contribution is -2.34. The second-order valence-electron chi connectivity index (χ2n) is 5.95. The lowest BCUT2D eigenvalue weighted by molar-refractivity contribution is -0.143. The number of halogens is 1. The van der Waals surface area contributed by atoms with Crippen LogP contribution in [-0.2, 0) is 22.6 Å². The molecule has 1 fully saturated rings. The molecule has 8 nitrogen and oxygen atoms in total.